The van der Waals surface area contributed by atoms with Crippen LogP contribution in [0.2, 0.25) is 5.02 Å². The number of nitrogens with one attached hydrogen (secondary N) is 1. The van der Waals surface area contributed by atoms with Crippen LogP contribution in [0.25, 0.3) is 11.1 Å². The topological polar surface area (TPSA) is 92.7 Å². The Morgan fingerprint density at radius 3 is 2.48 bits per heavy atom. The number of carboxylic acids is 1. The molecule has 0 saturated heterocycles. The summed E-state index contributed by atoms with van der Waals surface area (Å²) in [6.07, 6.45) is 2.28. The van der Waals surface area contributed by atoms with E-state index in [0.717, 1.165) is 22.6 Å². The minimum Gasteiger partial charge on any atom is -0.478 e. The van der Waals surface area contributed by atoms with E-state index in [4.69, 9.17) is 21.4 Å². The standard InChI is InChI=1S/C19H18ClNO5S/c1-3-10-26-19(25)17-16(12-4-6-13(20)7-5-12)11(2)27-18(17)21-14(22)8-9-15(23)24/h4-9H,3,10H2,1-2H3,(H,21,22)(H,23,24)/b9-8+. The summed E-state index contributed by atoms with van der Waals surface area (Å²) in [6.45, 7) is 3.96. The van der Waals surface area contributed by atoms with Crippen LogP contribution in [0, 0.1) is 6.92 Å². The molecule has 0 unspecified atom stereocenters. The molecule has 2 N–H and O–H groups in total. The summed E-state index contributed by atoms with van der Waals surface area (Å²) in [6, 6.07) is 6.99. The van der Waals surface area contributed by atoms with Crippen LogP contribution in [0.3, 0.4) is 0 Å². The fourth-order valence-electron chi connectivity index (χ4n) is 2.36. The Bertz CT molecular complexity index is 886. The second-order valence-corrected chi connectivity index (χ2v) is 7.20. The Hall–Kier alpha value is -2.64. The molecule has 1 aromatic carbocycles. The molecule has 1 amide bonds. The van der Waals surface area contributed by atoms with Gasteiger partial charge in [0.1, 0.15) is 10.6 Å². The maximum absolute atomic E-state index is 12.6. The van der Waals surface area contributed by atoms with E-state index in [1.54, 1.807) is 24.3 Å². The Balaban J connectivity index is 2.48. The molecule has 0 aliphatic carbocycles. The zero-order chi connectivity index (χ0) is 20.0. The number of amides is 1. The Morgan fingerprint density at radius 2 is 1.89 bits per heavy atom. The van der Waals surface area contributed by atoms with Gasteiger partial charge in [-0.3, -0.25) is 4.79 Å². The third-order valence-corrected chi connectivity index (χ3v) is 4.75. The van der Waals surface area contributed by atoms with Gasteiger partial charge in [-0.15, -0.1) is 11.3 Å². The van der Waals surface area contributed by atoms with E-state index >= 15 is 0 Å². The number of esters is 1. The van der Waals surface area contributed by atoms with E-state index in [-0.39, 0.29) is 12.2 Å². The van der Waals surface area contributed by atoms with Gasteiger partial charge in [0.05, 0.1) is 6.61 Å². The van der Waals surface area contributed by atoms with Crippen LogP contribution in [0.15, 0.2) is 36.4 Å². The number of hydrogen-bond acceptors (Lipinski definition) is 5. The molecule has 0 aliphatic rings. The van der Waals surface area contributed by atoms with Crippen LogP contribution < -0.4 is 5.32 Å². The van der Waals surface area contributed by atoms with Crippen molar-refractivity contribution in [3.05, 3.63) is 51.9 Å². The summed E-state index contributed by atoms with van der Waals surface area (Å²) in [5, 5.41) is 12.1. The molecule has 0 spiro atoms. The number of hydrogen-bond donors (Lipinski definition) is 2. The number of aryl methyl sites for hydroxylation is 1. The summed E-state index contributed by atoms with van der Waals surface area (Å²) >= 11 is 7.16. The SMILES string of the molecule is CCCOC(=O)c1c(NC(=O)/C=C/C(=O)O)sc(C)c1-c1ccc(Cl)cc1. The molecule has 0 saturated carbocycles. The van der Waals surface area contributed by atoms with Crippen molar-refractivity contribution in [1.29, 1.82) is 0 Å². The van der Waals surface area contributed by atoms with Gasteiger partial charge in [0.15, 0.2) is 0 Å². The lowest BCUT2D eigenvalue weighted by atomic mass is 10.0. The lowest BCUT2D eigenvalue weighted by Gasteiger charge is -2.09. The number of aliphatic carboxylic acids is 1. The summed E-state index contributed by atoms with van der Waals surface area (Å²) in [5.41, 5.74) is 1.65. The van der Waals surface area contributed by atoms with Gasteiger partial charge in [0.25, 0.3) is 0 Å². The molecule has 1 aromatic heterocycles. The quantitative estimate of drug-likeness (QED) is 0.519. The number of ether oxygens (including phenoxy) is 1. The predicted molar refractivity (Wildman–Crippen MR) is 105 cm³/mol. The monoisotopic (exact) mass is 407 g/mol. The summed E-state index contributed by atoms with van der Waals surface area (Å²) in [4.78, 5) is 36.0. The highest BCUT2D eigenvalue weighted by atomic mass is 35.5. The van der Waals surface area contributed by atoms with E-state index in [0.29, 0.717) is 22.0 Å². The van der Waals surface area contributed by atoms with Gasteiger partial charge in [-0.2, -0.15) is 0 Å². The Kier molecular flexibility index (Phi) is 7.15. The summed E-state index contributed by atoms with van der Waals surface area (Å²) in [7, 11) is 0. The molecule has 27 heavy (non-hydrogen) atoms. The molecule has 2 aromatic rings. The average Bonchev–Trinajstić information content (AvgIpc) is 2.94. The van der Waals surface area contributed by atoms with Crippen LogP contribution in [-0.2, 0) is 14.3 Å². The van der Waals surface area contributed by atoms with Gasteiger partial charge in [-0.1, -0.05) is 30.7 Å². The molecule has 6 nitrogen and oxygen atoms in total. The zero-order valence-corrected chi connectivity index (χ0v) is 16.3. The van der Waals surface area contributed by atoms with Crippen molar-refractivity contribution in [2.75, 3.05) is 11.9 Å². The van der Waals surface area contributed by atoms with Crippen LogP contribution >= 0.6 is 22.9 Å². The van der Waals surface area contributed by atoms with Crippen molar-refractivity contribution in [2.45, 2.75) is 20.3 Å². The number of benzene rings is 1. The van der Waals surface area contributed by atoms with Crippen molar-refractivity contribution >= 4 is 45.8 Å². The van der Waals surface area contributed by atoms with E-state index in [1.807, 2.05) is 13.8 Å². The molecule has 0 bridgehead atoms. The van der Waals surface area contributed by atoms with Gasteiger partial charge in [0.2, 0.25) is 5.91 Å². The number of carboxylic acid groups (broad SMARTS) is 1. The summed E-state index contributed by atoms with van der Waals surface area (Å²) < 4.78 is 5.28. The van der Waals surface area contributed by atoms with Crippen molar-refractivity contribution in [3.8, 4) is 11.1 Å². The van der Waals surface area contributed by atoms with Gasteiger partial charge in [0, 0.05) is 27.6 Å². The van der Waals surface area contributed by atoms with Crippen LogP contribution in [-0.4, -0.2) is 29.6 Å². The largest absolute Gasteiger partial charge is 0.478 e. The second-order valence-electron chi connectivity index (χ2n) is 5.54. The Labute approximate surface area is 165 Å². The van der Waals surface area contributed by atoms with E-state index in [9.17, 15) is 14.4 Å². The number of rotatable bonds is 7. The summed E-state index contributed by atoms with van der Waals surface area (Å²) in [5.74, 6) is -2.44. The van der Waals surface area contributed by atoms with Gasteiger partial charge in [-0.25, -0.2) is 9.59 Å². The molecule has 0 radical (unpaired) electrons. The fourth-order valence-corrected chi connectivity index (χ4v) is 3.55. The number of halogens is 1. The minimum atomic E-state index is -1.24. The maximum atomic E-state index is 12.6. The molecule has 2 rings (SSSR count). The lowest BCUT2D eigenvalue weighted by Crippen LogP contribution is -2.13. The predicted octanol–water partition coefficient (Wildman–Crippen LogP) is 4.52. The van der Waals surface area contributed by atoms with Crippen molar-refractivity contribution in [1.82, 2.24) is 0 Å². The minimum absolute atomic E-state index is 0.241. The molecule has 0 atom stereocenters. The smallest absolute Gasteiger partial charge is 0.341 e. The van der Waals surface area contributed by atoms with E-state index in [1.165, 1.54) is 11.3 Å². The first kappa shape index (κ1) is 20.7. The molecular weight excluding hydrogens is 390 g/mol. The molecule has 1 heterocycles. The van der Waals surface area contributed by atoms with Crippen LogP contribution in [0.4, 0.5) is 5.00 Å². The first-order valence-corrected chi connectivity index (χ1v) is 9.31. The first-order chi connectivity index (χ1) is 12.8. The fraction of sp³-hybridized carbons (Fsp3) is 0.211. The highest BCUT2D eigenvalue weighted by Gasteiger charge is 2.25. The van der Waals surface area contributed by atoms with Gasteiger partial charge < -0.3 is 15.2 Å². The number of carbonyl (C=O) groups excluding carboxylic acids is 2. The van der Waals surface area contributed by atoms with Gasteiger partial charge >= 0.3 is 11.9 Å². The third kappa shape index (κ3) is 5.42. The van der Waals surface area contributed by atoms with E-state index in [2.05, 4.69) is 5.32 Å². The maximum Gasteiger partial charge on any atom is 0.341 e. The number of thiophene rings is 1. The highest BCUT2D eigenvalue weighted by Crippen LogP contribution is 2.40. The zero-order valence-electron chi connectivity index (χ0n) is 14.7. The second kappa shape index (κ2) is 9.34. The van der Waals surface area contributed by atoms with Crippen molar-refractivity contribution < 1.29 is 24.2 Å². The van der Waals surface area contributed by atoms with Crippen LogP contribution in [0.1, 0.15) is 28.6 Å². The molecule has 8 heteroatoms. The highest BCUT2D eigenvalue weighted by molar-refractivity contribution is 7.17. The number of carbonyl (C=O) groups is 3. The third-order valence-electron chi connectivity index (χ3n) is 3.47. The van der Waals surface area contributed by atoms with Crippen LogP contribution in [0.5, 0.6) is 0 Å². The van der Waals surface area contributed by atoms with Gasteiger partial charge in [-0.05, 0) is 31.0 Å². The molecule has 142 valence electrons. The lowest BCUT2D eigenvalue weighted by molar-refractivity contribution is -0.131. The molecule has 0 fully saturated rings. The average molecular weight is 408 g/mol. The van der Waals surface area contributed by atoms with Crippen molar-refractivity contribution in [3.63, 3.8) is 0 Å². The molecule has 0 aliphatic heterocycles. The number of anilines is 1. The normalized spacial score (nSPS) is 10.8. The Morgan fingerprint density at radius 1 is 1.22 bits per heavy atom. The first-order valence-electron chi connectivity index (χ1n) is 8.12. The molecular formula is C19H18ClNO5S. The van der Waals surface area contributed by atoms with E-state index < -0.39 is 17.8 Å². The van der Waals surface area contributed by atoms with Crippen molar-refractivity contribution in [2.24, 2.45) is 0 Å².